The van der Waals surface area contributed by atoms with Gasteiger partial charge < -0.3 is 16.0 Å². The second-order valence-electron chi connectivity index (χ2n) is 3.67. The minimum Gasteiger partial charge on any atom is -0.393 e. The summed E-state index contributed by atoms with van der Waals surface area (Å²) < 4.78 is 0. The van der Waals surface area contributed by atoms with E-state index >= 15 is 0 Å². The fraction of sp³-hybridized carbons (Fsp3) is 0.154. The van der Waals surface area contributed by atoms with Gasteiger partial charge in [0.25, 0.3) is 5.91 Å². The molecule has 6 nitrogen and oxygen atoms in total. The summed E-state index contributed by atoms with van der Waals surface area (Å²) in [6.45, 7) is 1.41. The third-order valence-electron chi connectivity index (χ3n) is 2.12. The predicted molar refractivity (Wildman–Crippen MR) is 72.1 cm³/mol. The summed E-state index contributed by atoms with van der Waals surface area (Å²) >= 11 is 0. The van der Waals surface area contributed by atoms with Gasteiger partial charge in [-0.25, -0.2) is 0 Å². The highest BCUT2D eigenvalue weighted by molar-refractivity contribution is 6.06. The molecule has 0 bridgehead atoms. The maximum Gasteiger partial charge on any atom is 0.267 e. The molecular weight excluding hydrogens is 244 g/mol. The molecule has 1 aromatic carbocycles. The Balaban J connectivity index is 2.73. The van der Waals surface area contributed by atoms with Gasteiger partial charge in [-0.1, -0.05) is 0 Å². The van der Waals surface area contributed by atoms with Crippen molar-refractivity contribution in [3.8, 4) is 6.07 Å². The predicted octanol–water partition coefficient (Wildman–Crippen LogP) is 1.21. The van der Waals surface area contributed by atoms with E-state index in [0.717, 1.165) is 0 Å². The van der Waals surface area contributed by atoms with Crippen molar-refractivity contribution in [1.29, 1.82) is 5.26 Å². The van der Waals surface area contributed by atoms with E-state index in [0.29, 0.717) is 11.4 Å². The van der Waals surface area contributed by atoms with Crippen LogP contribution in [0.25, 0.3) is 0 Å². The lowest BCUT2D eigenvalue weighted by atomic mass is 10.2. The van der Waals surface area contributed by atoms with Crippen molar-refractivity contribution in [3.63, 3.8) is 0 Å². The molecule has 0 fully saturated rings. The second-order valence-corrected chi connectivity index (χ2v) is 3.67. The summed E-state index contributed by atoms with van der Waals surface area (Å²) in [5.74, 6) is -0.662. The van der Waals surface area contributed by atoms with Crippen LogP contribution >= 0.6 is 0 Å². The number of nitrogens with zero attached hydrogens (tertiary/aromatic N) is 1. The molecule has 19 heavy (non-hydrogen) atoms. The highest BCUT2D eigenvalue weighted by Gasteiger charge is 2.08. The maximum atomic E-state index is 11.7. The van der Waals surface area contributed by atoms with Crippen LogP contribution in [0.4, 0.5) is 11.4 Å². The van der Waals surface area contributed by atoms with Gasteiger partial charge in [0.05, 0.1) is 0 Å². The highest BCUT2D eigenvalue weighted by atomic mass is 16.2. The summed E-state index contributed by atoms with van der Waals surface area (Å²) in [4.78, 5) is 22.5. The molecule has 1 rings (SSSR count). The minimum absolute atomic E-state index is 0.0200. The summed E-state index contributed by atoms with van der Waals surface area (Å²) in [6, 6.07) is 8.38. The van der Waals surface area contributed by atoms with E-state index < -0.39 is 5.91 Å². The third kappa shape index (κ3) is 4.52. The quantitative estimate of drug-likeness (QED) is 0.559. The van der Waals surface area contributed by atoms with Gasteiger partial charge in [0.2, 0.25) is 5.91 Å². The van der Waals surface area contributed by atoms with E-state index in [-0.39, 0.29) is 11.5 Å². The molecule has 1 aromatic rings. The van der Waals surface area contributed by atoms with Crippen LogP contribution in [0.5, 0.6) is 0 Å². The van der Waals surface area contributed by atoms with Gasteiger partial charge in [0.1, 0.15) is 11.6 Å². The molecule has 0 saturated heterocycles. The lowest BCUT2D eigenvalue weighted by Crippen LogP contribution is -2.15. The van der Waals surface area contributed by atoms with E-state index in [4.69, 9.17) is 5.26 Å². The van der Waals surface area contributed by atoms with E-state index in [2.05, 4.69) is 16.0 Å². The molecule has 0 saturated carbocycles. The SMILES string of the molecule is CN/C=C(/C#N)C(=O)Nc1ccc(NC(C)=O)cc1. The van der Waals surface area contributed by atoms with Crippen LogP contribution in [0.3, 0.4) is 0 Å². The molecule has 3 N–H and O–H groups in total. The molecule has 0 radical (unpaired) electrons. The number of carbonyl (C=O) groups excluding carboxylic acids is 2. The van der Waals surface area contributed by atoms with Crippen molar-refractivity contribution >= 4 is 23.2 Å². The van der Waals surface area contributed by atoms with E-state index in [9.17, 15) is 9.59 Å². The van der Waals surface area contributed by atoms with E-state index in [1.165, 1.54) is 13.1 Å². The second kappa shape index (κ2) is 6.81. The average Bonchev–Trinajstić information content (AvgIpc) is 2.37. The molecule has 0 aliphatic heterocycles. The van der Waals surface area contributed by atoms with Crippen molar-refractivity contribution in [1.82, 2.24) is 5.32 Å². The minimum atomic E-state index is -0.496. The van der Waals surface area contributed by atoms with Crippen molar-refractivity contribution in [2.75, 3.05) is 17.7 Å². The first-order chi connectivity index (χ1) is 9.06. The monoisotopic (exact) mass is 258 g/mol. The first-order valence-electron chi connectivity index (χ1n) is 5.53. The molecule has 6 heteroatoms. The van der Waals surface area contributed by atoms with Crippen LogP contribution < -0.4 is 16.0 Å². The lowest BCUT2D eigenvalue weighted by molar-refractivity contribution is -0.114. The summed E-state index contributed by atoms with van der Waals surface area (Å²) in [6.07, 6.45) is 1.32. The van der Waals surface area contributed by atoms with Gasteiger partial charge in [-0.15, -0.1) is 0 Å². The Labute approximate surface area is 111 Å². The summed E-state index contributed by atoms with van der Waals surface area (Å²) in [5.41, 5.74) is 1.15. The molecule has 0 spiro atoms. The number of nitriles is 1. The fourth-order valence-corrected chi connectivity index (χ4v) is 1.33. The molecule has 0 aliphatic rings. The zero-order chi connectivity index (χ0) is 14.3. The van der Waals surface area contributed by atoms with Crippen molar-refractivity contribution in [3.05, 3.63) is 36.0 Å². The Bertz CT molecular complexity index is 541. The number of nitrogens with one attached hydrogen (secondary N) is 3. The highest BCUT2D eigenvalue weighted by Crippen LogP contribution is 2.14. The Hall–Kier alpha value is -2.81. The third-order valence-corrected chi connectivity index (χ3v) is 2.12. The van der Waals surface area contributed by atoms with Crippen molar-refractivity contribution < 1.29 is 9.59 Å². The summed E-state index contributed by atoms with van der Waals surface area (Å²) in [5, 5.41) is 16.6. The molecule has 0 heterocycles. The maximum absolute atomic E-state index is 11.7. The van der Waals surface area contributed by atoms with Crippen LogP contribution in [0.1, 0.15) is 6.92 Å². The van der Waals surface area contributed by atoms with Crippen molar-refractivity contribution in [2.45, 2.75) is 6.92 Å². The number of carbonyl (C=O) groups is 2. The van der Waals surface area contributed by atoms with Crippen molar-refractivity contribution in [2.24, 2.45) is 0 Å². The number of rotatable bonds is 4. The first-order valence-corrected chi connectivity index (χ1v) is 5.53. The van der Waals surface area contributed by atoms with Crippen LogP contribution in [0.2, 0.25) is 0 Å². The number of anilines is 2. The van der Waals surface area contributed by atoms with Gasteiger partial charge in [-0.3, -0.25) is 9.59 Å². The van der Waals surface area contributed by atoms with Crippen LogP contribution in [-0.2, 0) is 9.59 Å². The smallest absolute Gasteiger partial charge is 0.267 e. The zero-order valence-corrected chi connectivity index (χ0v) is 10.7. The lowest BCUT2D eigenvalue weighted by Gasteiger charge is -2.06. The van der Waals surface area contributed by atoms with Gasteiger partial charge in [0, 0.05) is 31.5 Å². The number of amides is 2. The molecule has 0 atom stereocenters. The van der Waals surface area contributed by atoms with Crippen LogP contribution in [0.15, 0.2) is 36.0 Å². The topological polar surface area (TPSA) is 94.0 Å². The van der Waals surface area contributed by atoms with E-state index in [1.54, 1.807) is 37.4 Å². The first kappa shape index (κ1) is 14.3. The fourth-order valence-electron chi connectivity index (χ4n) is 1.33. The molecule has 2 amide bonds. The molecule has 0 aromatic heterocycles. The van der Waals surface area contributed by atoms with Gasteiger partial charge >= 0.3 is 0 Å². The Morgan fingerprint density at radius 1 is 1.16 bits per heavy atom. The molecule has 98 valence electrons. The van der Waals surface area contributed by atoms with Crippen LogP contribution in [0, 0.1) is 11.3 Å². The number of hydrogen-bond acceptors (Lipinski definition) is 4. The Morgan fingerprint density at radius 2 is 1.68 bits per heavy atom. The van der Waals surface area contributed by atoms with Gasteiger partial charge in [0.15, 0.2) is 0 Å². The average molecular weight is 258 g/mol. The largest absolute Gasteiger partial charge is 0.393 e. The standard InChI is InChI=1S/C13H14N4O2/c1-9(18)16-11-3-5-12(6-4-11)17-13(19)10(7-14)8-15-2/h3-6,8,15H,1-2H3,(H,16,18)(H,17,19)/b10-8-. The Morgan fingerprint density at radius 3 is 2.11 bits per heavy atom. The zero-order valence-electron chi connectivity index (χ0n) is 10.7. The molecular formula is C13H14N4O2. The molecule has 0 unspecified atom stereocenters. The molecule has 0 aliphatic carbocycles. The number of benzene rings is 1. The van der Waals surface area contributed by atoms with Gasteiger partial charge in [-0.05, 0) is 24.3 Å². The number of hydrogen-bond donors (Lipinski definition) is 3. The normalized spacial score (nSPS) is 10.3. The Kier molecular flexibility index (Phi) is 5.11. The summed E-state index contributed by atoms with van der Waals surface area (Å²) in [7, 11) is 1.60. The van der Waals surface area contributed by atoms with E-state index in [1.807, 2.05) is 0 Å². The van der Waals surface area contributed by atoms with Gasteiger partial charge in [-0.2, -0.15) is 5.26 Å². The van der Waals surface area contributed by atoms with Crippen LogP contribution in [-0.4, -0.2) is 18.9 Å².